The molecule has 3 rings (SSSR count). The summed E-state index contributed by atoms with van der Waals surface area (Å²) in [5.74, 6) is 0.382. The van der Waals surface area contributed by atoms with Crippen LogP contribution < -0.4 is 16.4 Å². The number of ether oxygens (including phenoxy) is 1. The van der Waals surface area contributed by atoms with Gasteiger partial charge in [-0.05, 0) is 70.7 Å². The van der Waals surface area contributed by atoms with Gasteiger partial charge in [0, 0.05) is 36.6 Å². The van der Waals surface area contributed by atoms with Gasteiger partial charge in [0.1, 0.15) is 18.2 Å². The zero-order valence-corrected chi connectivity index (χ0v) is 23.7. The number of allylic oxidation sites excluding steroid dienone is 3. The van der Waals surface area contributed by atoms with E-state index in [0.717, 1.165) is 16.7 Å². The van der Waals surface area contributed by atoms with Gasteiger partial charge >= 0.3 is 6.09 Å². The number of nitrogens with two attached hydrogens (primary N) is 1. The first-order valence-corrected chi connectivity index (χ1v) is 13.1. The molecule has 0 unspecified atom stereocenters. The summed E-state index contributed by atoms with van der Waals surface area (Å²) in [6.45, 7) is 14.0. The van der Waals surface area contributed by atoms with Crippen LogP contribution in [-0.4, -0.2) is 58.3 Å². The largest absolute Gasteiger partial charge is 0.444 e. The first kappa shape index (κ1) is 30.0. The van der Waals surface area contributed by atoms with Crippen molar-refractivity contribution in [3.05, 3.63) is 65.3 Å². The average Bonchev–Trinajstić information content (AvgIpc) is 3.27. The molecule has 0 aliphatic carbocycles. The molecule has 1 aliphatic heterocycles. The van der Waals surface area contributed by atoms with Crippen molar-refractivity contribution in [2.24, 2.45) is 5.73 Å². The summed E-state index contributed by atoms with van der Waals surface area (Å²) in [5.41, 5.74) is 9.31. The molecule has 0 fully saturated rings. The van der Waals surface area contributed by atoms with E-state index >= 15 is 0 Å². The second-order valence-electron chi connectivity index (χ2n) is 10.7. The molecular weight excluding hydrogens is 510 g/mol. The van der Waals surface area contributed by atoms with Crippen LogP contribution in [0.25, 0.3) is 17.0 Å². The molecule has 4 N–H and O–H groups in total. The highest BCUT2D eigenvalue weighted by atomic mass is 16.6. The lowest BCUT2D eigenvalue weighted by Gasteiger charge is -2.22. The highest BCUT2D eigenvalue weighted by Crippen LogP contribution is 2.25. The molecule has 11 heteroatoms. The Hall–Kier alpha value is -4.59. The maximum Gasteiger partial charge on any atom is 0.408 e. The van der Waals surface area contributed by atoms with Gasteiger partial charge in [-0.15, -0.1) is 0 Å². The molecule has 1 aliphatic rings. The van der Waals surface area contributed by atoms with Crippen molar-refractivity contribution in [1.29, 1.82) is 5.26 Å². The summed E-state index contributed by atoms with van der Waals surface area (Å²) in [4.78, 5) is 30.9. The fourth-order valence-electron chi connectivity index (χ4n) is 4.10. The molecule has 0 radical (unpaired) electrons. The molecule has 2 amide bonds. The predicted octanol–water partition coefficient (Wildman–Crippen LogP) is 3.45. The minimum Gasteiger partial charge on any atom is -0.444 e. The average molecular weight is 548 g/mol. The highest BCUT2D eigenvalue weighted by molar-refractivity contribution is 5.82. The molecule has 0 saturated heterocycles. The van der Waals surface area contributed by atoms with E-state index in [1.54, 1.807) is 31.7 Å². The number of hydrogen-bond acceptors (Lipinski definition) is 9. The van der Waals surface area contributed by atoms with Crippen LogP contribution in [0.3, 0.4) is 0 Å². The molecule has 0 spiro atoms. The second kappa shape index (κ2) is 13.0. The summed E-state index contributed by atoms with van der Waals surface area (Å²) >= 11 is 0. The molecule has 212 valence electrons. The van der Waals surface area contributed by atoms with E-state index in [-0.39, 0.29) is 24.4 Å². The molecule has 1 aromatic heterocycles. The van der Waals surface area contributed by atoms with Gasteiger partial charge < -0.3 is 30.5 Å². The van der Waals surface area contributed by atoms with Gasteiger partial charge in [-0.3, -0.25) is 4.79 Å². The van der Waals surface area contributed by atoms with Gasteiger partial charge in [-0.2, -0.15) is 10.2 Å². The smallest absolute Gasteiger partial charge is 0.408 e. The molecule has 2 aromatic rings. The molecule has 0 saturated carbocycles. The third-order valence-corrected chi connectivity index (χ3v) is 5.96. The zero-order chi connectivity index (χ0) is 29.4. The van der Waals surface area contributed by atoms with Gasteiger partial charge in [-0.1, -0.05) is 23.9 Å². The fraction of sp³-hybridized carbons (Fsp3) is 0.414. The van der Waals surface area contributed by atoms with Crippen molar-refractivity contribution in [3.8, 4) is 17.5 Å². The van der Waals surface area contributed by atoms with Crippen molar-refractivity contribution < 1.29 is 18.8 Å². The summed E-state index contributed by atoms with van der Waals surface area (Å²) < 4.78 is 10.7. The van der Waals surface area contributed by atoms with Crippen LogP contribution in [0.1, 0.15) is 51.6 Å². The van der Waals surface area contributed by atoms with Crippen LogP contribution in [0.15, 0.2) is 52.8 Å². The highest BCUT2D eigenvalue weighted by Gasteiger charge is 2.22. The van der Waals surface area contributed by atoms with Crippen molar-refractivity contribution in [2.75, 3.05) is 19.6 Å². The van der Waals surface area contributed by atoms with Crippen molar-refractivity contribution in [1.82, 2.24) is 25.7 Å². The number of carbonyl (C=O) groups excluding carboxylic acids is 2. The number of nitrogens with zero attached hydrogens (tertiary/aromatic N) is 4. The minimum absolute atomic E-state index is 0.108. The first-order chi connectivity index (χ1) is 18.9. The van der Waals surface area contributed by atoms with E-state index in [1.165, 1.54) is 6.20 Å². The molecular formula is C29H37N7O4. The maximum absolute atomic E-state index is 12.7. The lowest BCUT2D eigenvalue weighted by Crippen LogP contribution is -2.42. The SMILES string of the molecule is C=C(NC(C)C)/C(C#N)=C\C(=C/N)c1nc(-c2ccc3c(c2)CCN(C(=O)CNC(=O)OC(C)(C)C)CC3)no1. The third-order valence-electron chi connectivity index (χ3n) is 5.96. The summed E-state index contributed by atoms with van der Waals surface area (Å²) in [5, 5.41) is 19.3. The monoisotopic (exact) mass is 547 g/mol. The third kappa shape index (κ3) is 8.20. The van der Waals surface area contributed by atoms with E-state index in [1.807, 2.05) is 32.0 Å². The molecule has 40 heavy (non-hydrogen) atoms. The molecule has 11 nitrogen and oxygen atoms in total. The Morgan fingerprint density at radius 1 is 1.27 bits per heavy atom. The van der Waals surface area contributed by atoms with Gasteiger partial charge in [0.15, 0.2) is 0 Å². The van der Waals surface area contributed by atoms with Crippen LogP contribution >= 0.6 is 0 Å². The van der Waals surface area contributed by atoms with Gasteiger partial charge in [0.2, 0.25) is 11.7 Å². The van der Waals surface area contributed by atoms with E-state index < -0.39 is 11.7 Å². The van der Waals surface area contributed by atoms with E-state index in [2.05, 4.69) is 33.4 Å². The van der Waals surface area contributed by atoms with Crippen molar-refractivity contribution in [2.45, 2.75) is 59.1 Å². The second-order valence-corrected chi connectivity index (χ2v) is 10.7. The summed E-state index contributed by atoms with van der Waals surface area (Å²) in [7, 11) is 0. The van der Waals surface area contributed by atoms with Crippen LogP contribution in [0, 0.1) is 11.3 Å². The van der Waals surface area contributed by atoms with E-state index in [4.69, 9.17) is 15.0 Å². The summed E-state index contributed by atoms with van der Waals surface area (Å²) in [6.07, 6.45) is 3.56. The fourth-order valence-corrected chi connectivity index (χ4v) is 4.10. The summed E-state index contributed by atoms with van der Waals surface area (Å²) in [6, 6.07) is 8.13. The van der Waals surface area contributed by atoms with E-state index in [9.17, 15) is 14.9 Å². The number of rotatable bonds is 8. The number of alkyl carbamates (subject to hydrolysis) is 1. The lowest BCUT2D eigenvalue weighted by atomic mass is 10.00. The quantitative estimate of drug-likeness (QED) is 0.332. The number of nitriles is 1. The molecule has 0 bridgehead atoms. The predicted molar refractivity (Wildman–Crippen MR) is 151 cm³/mol. The standard InChI is InChI=1S/C29H37N7O4/c1-18(2)33-19(3)23(15-30)14-24(16-31)27-34-26(35-40-27)22-8-7-20-9-11-36(12-10-21(20)13-22)25(37)17-32-28(38)39-29(4,5)6/h7-8,13-14,16,18,33H,3,9-12,17,31H2,1-2,4-6H3,(H,32,38)/b23-14-,24-16+. The Kier molecular flexibility index (Phi) is 9.72. The number of nitrogens with one attached hydrogen (secondary N) is 2. The number of hydrogen-bond donors (Lipinski definition) is 3. The minimum atomic E-state index is -0.632. The zero-order valence-electron chi connectivity index (χ0n) is 23.7. The Balaban J connectivity index is 1.69. The Morgan fingerprint density at radius 2 is 1.98 bits per heavy atom. The number of carbonyl (C=O) groups is 2. The van der Waals surface area contributed by atoms with Crippen LogP contribution in [0.5, 0.6) is 0 Å². The Labute approximate surface area is 234 Å². The molecule has 2 heterocycles. The Bertz CT molecular complexity index is 1360. The van der Waals surface area contributed by atoms with E-state index in [0.29, 0.717) is 48.6 Å². The number of amides is 2. The van der Waals surface area contributed by atoms with Crippen molar-refractivity contribution in [3.63, 3.8) is 0 Å². The molecule has 0 atom stereocenters. The lowest BCUT2D eigenvalue weighted by molar-refractivity contribution is -0.130. The number of fused-ring (bicyclic) bond motifs is 1. The number of aromatic nitrogens is 2. The normalized spacial score (nSPS) is 14.2. The van der Waals surface area contributed by atoms with Gasteiger partial charge in [0.05, 0.1) is 11.1 Å². The maximum atomic E-state index is 12.7. The van der Waals surface area contributed by atoms with Crippen LogP contribution in [0.2, 0.25) is 0 Å². The van der Waals surface area contributed by atoms with Crippen LogP contribution in [0.4, 0.5) is 4.79 Å². The first-order valence-electron chi connectivity index (χ1n) is 13.1. The van der Waals surface area contributed by atoms with Crippen LogP contribution in [-0.2, 0) is 22.4 Å². The number of benzene rings is 1. The van der Waals surface area contributed by atoms with Crippen molar-refractivity contribution >= 4 is 17.6 Å². The molecule has 1 aromatic carbocycles. The van der Waals surface area contributed by atoms with Gasteiger partial charge in [0.25, 0.3) is 5.89 Å². The van der Waals surface area contributed by atoms with Gasteiger partial charge in [-0.25, -0.2) is 4.79 Å². The Morgan fingerprint density at radius 3 is 2.60 bits per heavy atom. The topological polar surface area (TPSA) is 159 Å².